The topological polar surface area (TPSA) is 78.9 Å². The Bertz CT molecular complexity index is 667. The summed E-state index contributed by atoms with van der Waals surface area (Å²) in [5, 5.41) is 0. The summed E-state index contributed by atoms with van der Waals surface area (Å²) in [6.45, 7) is 6.10. The Morgan fingerprint density at radius 3 is 2.36 bits per heavy atom. The van der Waals surface area contributed by atoms with Crippen LogP contribution in [0.3, 0.4) is 0 Å². The molecule has 1 aromatic rings. The molecule has 2 rings (SSSR count). The van der Waals surface area contributed by atoms with Crippen LogP contribution in [0.1, 0.15) is 52.0 Å². The van der Waals surface area contributed by atoms with Gasteiger partial charge in [-0.05, 0) is 36.2 Å². The van der Waals surface area contributed by atoms with Crippen molar-refractivity contribution in [1.29, 1.82) is 0 Å². The Labute approximate surface area is 166 Å². The zero-order chi connectivity index (χ0) is 20.6. The van der Waals surface area contributed by atoms with Gasteiger partial charge in [-0.1, -0.05) is 57.5 Å². The van der Waals surface area contributed by atoms with Gasteiger partial charge in [-0.15, -0.1) is 0 Å². The number of rotatable bonds is 7. The van der Waals surface area contributed by atoms with E-state index in [-0.39, 0.29) is 37.1 Å². The molecular formula is C22H30O6. The molecule has 0 aliphatic heterocycles. The monoisotopic (exact) mass is 390 g/mol. The quantitative estimate of drug-likeness (QED) is 0.306. The maximum Gasteiger partial charge on any atom is 0.417 e. The minimum Gasteiger partial charge on any atom is -0.462 e. The molecule has 0 N–H and O–H groups in total. The van der Waals surface area contributed by atoms with Gasteiger partial charge in [-0.25, -0.2) is 9.59 Å². The van der Waals surface area contributed by atoms with Gasteiger partial charge in [0.15, 0.2) is 0 Å². The normalized spacial score (nSPS) is 19.3. The van der Waals surface area contributed by atoms with E-state index in [0.29, 0.717) is 5.92 Å². The maximum atomic E-state index is 12.2. The van der Waals surface area contributed by atoms with E-state index in [1.54, 1.807) is 12.1 Å². The zero-order valence-electron chi connectivity index (χ0n) is 16.9. The van der Waals surface area contributed by atoms with Crippen molar-refractivity contribution in [3.63, 3.8) is 0 Å². The molecule has 0 spiro atoms. The summed E-state index contributed by atoms with van der Waals surface area (Å²) in [5.74, 6) is -2.31. The highest BCUT2D eigenvalue weighted by Gasteiger charge is 2.34. The van der Waals surface area contributed by atoms with Crippen molar-refractivity contribution in [3.8, 4) is 0 Å². The van der Waals surface area contributed by atoms with Crippen LogP contribution in [0, 0.1) is 17.3 Å². The minimum atomic E-state index is -1.09. The van der Waals surface area contributed by atoms with Gasteiger partial charge in [0.2, 0.25) is 0 Å². The molecule has 0 bridgehead atoms. The van der Waals surface area contributed by atoms with Crippen LogP contribution < -0.4 is 0 Å². The van der Waals surface area contributed by atoms with Gasteiger partial charge in [0.1, 0.15) is 19.8 Å². The minimum absolute atomic E-state index is 0.000981. The number of hydrogen-bond acceptors (Lipinski definition) is 6. The van der Waals surface area contributed by atoms with E-state index >= 15 is 0 Å². The SMILES string of the molecule is C[C@@H](C(=O)OCCOC(=O)C(=O)OCc1ccccc1)[C@@H]1CCCC(C)(C)C1. The largest absolute Gasteiger partial charge is 0.462 e. The molecule has 6 nitrogen and oxygen atoms in total. The molecule has 154 valence electrons. The third-order valence-corrected chi connectivity index (χ3v) is 5.26. The van der Waals surface area contributed by atoms with Crippen molar-refractivity contribution in [3.05, 3.63) is 35.9 Å². The summed E-state index contributed by atoms with van der Waals surface area (Å²) in [4.78, 5) is 35.5. The second-order valence-corrected chi connectivity index (χ2v) is 8.17. The summed E-state index contributed by atoms with van der Waals surface area (Å²) < 4.78 is 14.9. The third-order valence-electron chi connectivity index (χ3n) is 5.26. The van der Waals surface area contributed by atoms with E-state index in [1.807, 2.05) is 25.1 Å². The molecule has 1 aromatic carbocycles. The highest BCUT2D eigenvalue weighted by atomic mass is 16.6. The van der Waals surface area contributed by atoms with E-state index < -0.39 is 11.9 Å². The molecule has 1 aliphatic carbocycles. The first-order chi connectivity index (χ1) is 13.3. The fourth-order valence-corrected chi connectivity index (χ4v) is 3.62. The van der Waals surface area contributed by atoms with Crippen LogP contribution >= 0.6 is 0 Å². The Balaban J connectivity index is 1.63. The molecule has 0 aromatic heterocycles. The van der Waals surface area contributed by atoms with Crippen LogP contribution in [0.15, 0.2) is 30.3 Å². The smallest absolute Gasteiger partial charge is 0.417 e. The molecule has 0 radical (unpaired) electrons. The van der Waals surface area contributed by atoms with E-state index in [4.69, 9.17) is 14.2 Å². The molecule has 0 saturated heterocycles. The molecule has 2 atom stereocenters. The van der Waals surface area contributed by atoms with Gasteiger partial charge in [0.05, 0.1) is 5.92 Å². The van der Waals surface area contributed by atoms with Crippen LogP contribution in [0.2, 0.25) is 0 Å². The predicted molar refractivity (Wildman–Crippen MR) is 103 cm³/mol. The lowest BCUT2D eigenvalue weighted by Crippen LogP contribution is -2.31. The highest BCUT2D eigenvalue weighted by molar-refractivity contribution is 6.29. The second-order valence-electron chi connectivity index (χ2n) is 8.17. The van der Waals surface area contributed by atoms with Crippen LogP contribution in [-0.4, -0.2) is 31.1 Å². The summed E-state index contributed by atoms with van der Waals surface area (Å²) in [6, 6.07) is 9.03. The molecule has 1 saturated carbocycles. The Kier molecular flexibility index (Phi) is 8.03. The first-order valence-electron chi connectivity index (χ1n) is 9.83. The average Bonchev–Trinajstić information content (AvgIpc) is 2.68. The van der Waals surface area contributed by atoms with Crippen LogP contribution in [0.5, 0.6) is 0 Å². The van der Waals surface area contributed by atoms with Gasteiger partial charge < -0.3 is 14.2 Å². The standard InChI is InChI=1S/C22H30O6/c1-16(18-10-7-11-22(2,3)14-18)19(23)26-12-13-27-20(24)21(25)28-15-17-8-5-4-6-9-17/h4-6,8-9,16,18H,7,10-15H2,1-3H3/t16-,18-/m1/s1. The first kappa shape index (κ1) is 21.9. The second kappa shape index (κ2) is 10.2. The van der Waals surface area contributed by atoms with Gasteiger partial charge in [0, 0.05) is 0 Å². The lowest BCUT2D eigenvalue weighted by atomic mass is 9.68. The number of ether oxygens (including phenoxy) is 3. The fraction of sp³-hybridized carbons (Fsp3) is 0.591. The Morgan fingerprint density at radius 2 is 1.68 bits per heavy atom. The molecular weight excluding hydrogens is 360 g/mol. The molecule has 1 fully saturated rings. The predicted octanol–water partition coefficient (Wildman–Crippen LogP) is 3.67. The molecule has 0 amide bonds. The summed E-state index contributed by atoms with van der Waals surface area (Å²) in [6.07, 6.45) is 4.34. The molecule has 0 unspecified atom stereocenters. The third kappa shape index (κ3) is 6.98. The first-order valence-corrected chi connectivity index (χ1v) is 9.83. The number of carbonyl (C=O) groups excluding carboxylic acids is 3. The van der Waals surface area contributed by atoms with E-state index in [2.05, 4.69) is 13.8 Å². The molecule has 28 heavy (non-hydrogen) atoms. The van der Waals surface area contributed by atoms with Crippen molar-refractivity contribution in [2.75, 3.05) is 13.2 Å². The number of benzene rings is 1. The molecule has 0 heterocycles. The van der Waals surface area contributed by atoms with Gasteiger partial charge in [0.25, 0.3) is 0 Å². The van der Waals surface area contributed by atoms with Crippen molar-refractivity contribution in [1.82, 2.24) is 0 Å². The Hall–Kier alpha value is -2.37. The zero-order valence-corrected chi connectivity index (χ0v) is 16.9. The van der Waals surface area contributed by atoms with Crippen LogP contribution in [0.25, 0.3) is 0 Å². The molecule has 1 aliphatic rings. The van der Waals surface area contributed by atoms with Crippen molar-refractivity contribution >= 4 is 17.9 Å². The Morgan fingerprint density at radius 1 is 1.04 bits per heavy atom. The van der Waals surface area contributed by atoms with Crippen LogP contribution in [0.4, 0.5) is 0 Å². The van der Waals surface area contributed by atoms with E-state index in [9.17, 15) is 14.4 Å². The molecule has 6 heteroatoms. The lowest BCUT2D eigenvalue weighted by Gasteiger charge is -2.37. The maximum absolute atomic E-state index is 12.2. The summed E-state index contributed by atoms with van der Waals surface area (Å²) >= 11 is 0. The average molecular weight is 390 g/mol. The van der Waals surface area contributed by atoms with Gasteiger partial charge in [-0.2, -0.15) is 0 Å². The van der Waals surface area contributed by atoms with Crippen LogP contribution in [-0.2, 0) is 35.2 Å². The lowest BCUT2D eigenvalue weighted by molar-refractivity contribution is -0.170. The summed E-state index contributed by atoms with van der Waals surface area (Å²) in [5.41, 5.74) is 1.03. The number of esters is 3. The van der Waals surface area contributed by atoms with E-state index in [1.165, 1.54) is 6.42 Å². The number of hydrogen-bond donors (Lipinski definition) is 0. The van der Waals surface area contributed by atoms with E-state index in [0.717, 1.165) is 24.8 Å². The van der Waals surface area contributed by atoms with Gasteiger partial charge in [-0.3, -0.25) is 4.79 Å². The van der Waals surface area contributed by atoms with Crippen molar-refractivity contribution in [2.45, 2.75) is 53.1 Å². The van der Waals surface area contributed by atoms with Crippen molar-refractivity contribution < 1.29 is 28.6 Å². The summed E-state index contributed by atoms with van der Waals surface area (Å²) in [7, 11) is 0. The van der Waals surface area contributed by atoms with Gasteiger partial charge >= 0.3 is 17.9 Å². The number of carbonyl (C=O) groups is 3. The van der Waals surface area contributed by atoms with Crippen molar-refractivity contribution in [2.24, 2.45) is 17.3 Å². The fourth-order valence-electron chi connectivity index (χ4n) is 3.62. The highest BCUT2D eigenvalue weighted by Crippen LogP contribution is 2.41.